The van der Waals surface area contributed by atoms with Gasteiger partial charge in [0.2, 0.25) is 11.7 Å². The Bertz CT molecular complexity index is 1340. The van der Waals surface area contributed by atoms with E-state index in [4.69, 9.17) is 14.2 Å². The molecule has 3 aromatic rings. The maximum absolute atomic E-state index is 14.9. The van der Waals surface area contributed by atoms with Gasteiger partial charge in [-0.25, -0.2) is 4.39 Å². The van der Waals surface area contributed by atoms with Crippen LogP contribution in [0.1, 0.15) is 22.3 Å². The molecule has 3 aromatic carbocycles. The topological polar surface area (TPSA) is 68.3 Å². The molecule has 0 spiro atoms. The molecule has 0 unspecified atom stereocenters. The Balaban J connectivity index is 1.23. The molecule has 2 aliphatic heterocycles. The van der Waals surface area contributed by atoms with E-state index in [1.54, 1.807) is 50.5 Å². The summed E-state index contributed by atoms with van der Waals surface area (Å²) in [5.74, 6) is 1.47. The van der Waals surface area contributed by atoms with E-state index in [1.807, 2.05) is 35.2 Å². The highest BCUT2D eigenvalue weighted by Gasteiger charge is 2.40. The van der Waals surface area contributed by atoms with Gasteiger partial charge in [0.15, 0.2) is 11.5 Å². The van der Waals surface area contributed by atoms with E-state index in [0.29, 0.717) is 60.5 Å². The maximum Gasteiger partial charge on any atom is 0.253 e. The van der Waals surface area contributed by atoms with Crippen molar-refractivity contribution in [2.24, 2.45) is 11.8 Å². The van der Waals surface area contributed by atoms with Gasteiger partial charge in [0.1, 0.15) is 5.82 Å². The van der Waals surface area contributed by atoms with Gasteiger partial charge in [-0.15, -0.1) is 0 Å². The number of carbonyl (C=O) groups excluding carboxylic acids is 2. The largest absolute Gasteiger partial charge is 0.493 e. The highest BCUT2D eigenvalue weighted by molar-refractivity contribution is 5.95. The third-order valence-electron chi connectivity index (χ3n) is 7.82. The van der Waals surface area contributed by atoms with Crippen molar-refractivity contribution >= 4 is 11.8 Å². The molecule has 0 radical (unpaired) electrons. The minimum absolute atomic E-state index is 0.0195. The fourth-order valence-corrected chi connectivity index (χ4v) is 5.77. The lowest BCUT2D eigenvalue weighted by Gasteiger charge is -2.34. The lowest BCUT2D eigenvalue weighted by Crippen LogP contribution is -2.44. The van der Waals surface area contributed by atoms with Crippen LogP contribution in [0.5, 0.6) is 17.2 Å². The van der Waals surface area contributed by atoms with Gasteiger partial charge in [-0.2, -0.15) is 0 Å². The second-order valence-corrected chi connectivity index (χ2v) is 10.1. The Hall–Kier alpha value is -4.07. The third kappa shape index (κ3) is 5.41. The number of methoxy groups -OCH3 is 3. The second-order valence-electron chi connectivity index (χ2n) is 10.1. The van der Waals surface area contributed by atoms with Gasteiger partial charge in [-0.1, -0.05) is 36.4 Å². The van der Waals surface area contributed by atoms with E-state index in [1.165, 1.54) is 6.07 Å². The molecule has 5 rings (SSSR count). The molecule has 8 heteroatoms. The maximum atomic E-state index is 14.9. The molecular weight excluding hydrogens is 499 g/mol. The van der Waals surface area contributed by atoms with E-state index in [-0.39, 0.29) is 24.2 Å². The number of benzene rings is 3. The molecule has 2 atom stereocenters. The number of ether oxygens (including phenoxy) is 3. The van der Waals surface area contributed by atoms with Gasteiger partial charge in [-0.3, -0.25) is 9.59 Å². The predicted octanol–water partition coefficient (Wildman–Crippen LogP) is 4.68. The Labute approximate surface area is 228 Å². The molecule has 2 aliphatic rings. The van der Waals surface area contributed by atoms with Crippen LogP contribution in [0.2, 0.25) is 0 Å². The lowest BCUT2D eigenvalue weighted by atomic mass is 9.88. The number of fused-ring (bicyclic) bond motifs is 1. The Morgan fingerprint density at radius 2 is 1.51 bits per heavy atom. The lowest BCUT2D eigenvalue weighted by molar-refractivity contribution is -0.132. The molecule has 0 bridgehead atoms. The first-order valence-corrected chi connectivity index (χ1v) is 13.1. The summed E-state index contributed by atoms with van der Waals surface area (Å²) in [6, 6.07) is 17.6. The number of hydrogen-bond donors (Lipinski definition) is 0. The van der Waals surface area contributed by atoms with Gasteiger partial charge >= 0.3 is 0 Å². The fraction of sp³-hybridized carbons (Fsp3) is 0.355. The first-order valence-electron chi connectivity index (χ1n) is 13.1. The van der Waals surface area contributed by atoms with Crippen LogP contribution in [0, 0.1) is 17.7 Å². The zero-order valence-electron chi connectivity index (χ0n) is 22.5. The number of halogens is 1. The van der Waals surface area contributed by atoms with E-state index >= 15 is 0 Å². The summed E-state index contributed by atoms with van der Waals surface area (Å²) in [6.07, 6.45) is 1.04. The third-order valence-corrected chi connectivity index (χ3v) is 7.82. The van der Waals surface area contributed by atoms with E-state index in [0.717, 1.165) is 17.5 Å². The van der Waals surface area contributed by atoms with Gasteiger partial charge in [-0.05, 0) is 53.6 Å². The highest BCUT2D eigenvalue weighted by Crippen LogP contribution is 2.39. The summed E-state index contributed by atoms with van der Waals surface area (Å²) in [5.41, 5.74) is 2.38. The van der Waals surface area contributed by atoms with Crippen LogP contribution < -0.4 is 14.2 Å². The molecule has 0 aliphatic carbocycles. The molecule has 204 valence electrons. The molecule has 2 fully saturated rings. The van der Waals surface area contributed by atoms with Crippen molar-refractivity contribution in [3.8, 4) is 28.4 Å². The van der Waals surface area contributed by atoms with Crippen LogP contribution in [-0.4, -0.2) is 69.1 Å². The van der Waals surface area contributed by atoms with Crippen LogP contribution >= 0.6 is 0 Å². The summed E-state index contributed by atoms with van der Waals surface area (Å²) in [4.78, 5) is 30.2. The number of nitrogens with zero attached hydrogens (tertiary/aromatic N) is 2. The summed E-state index contributed by atoms with van der Waals surface area (Å²) >= 11 is 0. The number of hydrogen-bond acceptors (Lipinski definition) is 5. The van der Waals surface area contributed by atoms with Gasteiger partial charge in [0.25, 0.3) is 5.91 Å². The van der Waals surface area contributed by atoms with Crippen molar-refractivity contribution in [2.75, 3.05) is 47.5 Å². The Kier molecular flexibility index (Phi) is 7.72. The Morgan fingerprint density at radius 1 is 0.846 bits per heavy atom. The number of carbonyl (C=O) groups is 2. The van der Waals surface area contributed by atoms with Crippen molar-refractivity contribution in [1.29, 1.82) is 0 Å². The molecule has 0 aromatic heterocycles. The first kappa shape index (κ1) is 26.5. The summed E-state index contributed by atoms with van der Waals surface area (Å²) < 4.78 is 31.1. The first-order chi connectivity index (χ1) is 18.9. The number of amides is 2. The summed E-state index contributed by atoms with van der Waals surface area (Å²) in [6.45, 7) is 2.42. The monoisotopic (exact) mass is 532 g/mol. The van der Waals surface area contributed by atoms with Crippen LogP contribution in [0.15, 0.2) is 60.7 Å². The van der Waals surface area contributed by atoms with Gasteiger partial charge < -0.3 is 24.0 Å². The van der Waals surface area contributed by atoms with E-state index < -0.39 is 5.82 Å². The van der Waals surface area contributed by atoms with Crippen molar-refractivity contribution in [3.05, 3.63) is 77.6 Å². The predicted molar refractivity (Wildman–Crippen MR) is 146 cm³/mol. The fourth-order valence-electron chi connectivity index (χ4n) is 5.77. The number of likely N-dealkylation sites (tertiary alicyclic amines) is 2. The van der Waals surface area contributed by atoms with Crippen LogP contribution in [-0.2, 0) is 11.2 Å². The number of rotatable bonds is 7. The molecule has 2 heterocycles. The van der Waals surface area contributed by atoms with Crippen molar-refractivity contribution in [3.63, 3.8) is 0 Å². The highest BCUT2D eigenvalue weighted by atomic mass is 19.1. The van der Waals surface area contributed by atoms with Gasteiger partial charge in [0.05, 0.1) is 27.8 Å². The standard InChI is InChI=1S/C31H33FN2O5/c1-37-27-13-20(14-28(38-2)30(27)39-3)15-29(35)33-12-11-23-17-34(19-24(23)18-33)31(36)22-9-10-25(26(32)16-22)21-7-5-4-6-8-21/h4-10,13-14,16,23-24H,11-12,15,17-19H2,1-3H3/t23-,24+/m1/s1. The summed E-state index contributed by atoms with van der Waals surface area (Å²) in [5, 5.41) is 0. The average molecular weight is 533 g/mol. The molecular formula is C31H33FN2O5. The van der Waals surface area contributed by atoms with Crippen LogP contribution in [0.4, 0.5) is 4.39 Å². The molecule has 2 saturated heterocycles. The zero-order chi connectivity index (χ0) is 27.5. The smallest absolute Gasteiger partial charge is 0.253 e. The number of piperidine rings is 1. The molecule has 0 saturated carbocycles. The minimum atomic E-state index is -0.410. The van der Waals surface area contributed by atoms with E-state index in [2.05, 4.69) is 0 Å². The van der Waals surface area contributed by atoms with Crippen LogP contribution in [0.3, 0.4) is 0 Å². The average Bonchev–Trinajstić information content (AvgIpc) is 3.40. The van der Waals surface area contributed by atoms with Crippen molar-refractivity contribution in [1.82, 2.24) is 9.80 Å². The van der Waals surface area contributed by atoms with E-state index in [9.17, 15) is 14.0 Å². The normalized spacial score (nSPS) is 18.5. The molecule has 0 N–H and O–H groups in total. The SMILES string of the molecule is COc1cc(CC(=O)N2CC[C@@H]3CN(C(=O)c4ccc(-c5ccccc5)c(F)c4)C[C@@H]3C2)cc(OC)c1OC. The molecule has 2 amide bonds. The minimum Gasteiger partial charge on any atom is -0.493 e. The zero-order valence-corrected chi connectivity index (χ0v) is 22.5. The van der Waals surface area contributed by atoms with Gasteiger partial charge in [0, 0.05) is 37.3 Å². The second kappa shape index (κ2) is 11.4. The quantitative estimate of drug-likeness (QED) is 0.442. The summed E-state index contributed by atoms with van der Waals surface area (Å²) in [7, 11) is 4.64. The molecule has 7 nitrogen and oxygen atoms in total. The van der Waals surface area contributed by atoms with Crippen LogP contribution in [0.25, 0.3) is 11.1 Å². The molecule has 39 heavy (non-hydrogen) atoms. The van der Waals surface area contributed by atoms with Crippen molar-refractivity contribution < 1.29 is 28.2 Å². The van der Waals surface area contributed by atoms with Crippen molar-refractivity contribution in [2.45, 2.75) is 12.8 Å². The Morgan fingerprint density at radius 3 is 2.15 bits per heavy atom.